The summed E-state index contributed by atoms with van der Waals surface area (Å²) in [5.74, 6) is 0.678. The molecule has 3 rings (SSSR count). The molecule has 1 aliphatic rings. The van der Waals surface area contributed by atoms with Crippen LogP contribution in [-0.4, -0.2) is 5.11 Å². The first-order valence-electron chi connectivity index (χ1n) is 8.28. The maximum Gasteiger partial charge on any atom is 2.00 e. The van der Waals surface area contributed by atoms with Crippen LogP contribution in [0.15, 0.2) is 60.7 Å². The van der Waals surface area contributed by atoms with Crippen molar-refractivity contribution in [2.24, 2.45) is 0 Å². The standard InChI is InChI=1S/C21H21O.C2H3.U/c1-16-6-5-9-18(14-16)21-13-12-20(22)15-19(21)11-10-17-7-3-2-4-8-17;1-2;/h2-4,7-8,10-12,14-15,18,22H,5-6,9H2,1H3;1H,2H2;/q2*-1;+2/b11-10+;;. The third-order valence-corrected chi connectivity index (χ3v) is 4.19. The van der Waals surface area contributed by atoms with Gasteiger partial charge in [0.15, 0.2) is 0 Å². The third kappa shape index (κ3) is 6.39. The summed E-state index contributed by atoms with van der Waals surface area (Å²) in [6.45, 7) is 9.20. The van der Waals surface area contributed by atoms with Crippen LogP contribution in [0.25, 0.3) is 12.2 Å². The van der Waals surface area contributed by atoms with Crippen LogP contribution in [0.3, 0.4) is 0 Å². The Morgan fingerprint density at radius 2 is 1.92 bits per heavy atom. The van der Waals surface area contributed by atoms with Crippen LogP contribution in [-0.2, 0) is 0 Å². The van der Waals surface area contributed by atoms with E-state index in [0.29, 0.717) is 5.92 Å². The number of benzene rings is 2. The van der Waals surface area contributed by atoms with Crippen molar-refractivity contribution >= 4 is 12.2 Å². The predicted molar refractivity (Wildman–Crippen MR) is 103 cm³/mol. The first-order chi connectivity index (χ1) is 11.7. The molecule has 0 radical (unpaired) electrons. The van der Waals surface area contributed by atoms with Crippen LogP contribution in [0.4, 0.5) is 0 Å². The van der Waals surface area contributed by atoms with Crippen molar-refractivity contribution in [1.82, 2.24) is 0 Å². The number of rotatable bonds is 3. The van der Waals surface area contributed by atoms with Gasteiger partial charge in [0.25, 0.3) is 0 Å². The van der Waals surface area contributed by atoms with Gasteiger partial charge in [-0.2, -0.15) is 6.07 Å². The summed E-state index contributed by atoms with van der Waals surface area (Å²) in [5.41, 5.74) is 4.85. The van der Waals surface area contributed by atoms with Crippen molar-refractivity contribution in [3.8, 4) is 5.75 Å². The Morgan fingerprint density at radius 1 is 1.20 bits per heavy atom. The number of phenols is 1. The third-order valence-electron chi connectivity index (χ3n) is 4.19. The molecule has 0 fully saturated rings. The maximum atomic E-state index is 9.80. The zero-order valence-corrected chi connectivity index (χ0v) is 18.9. The van der Waals surface area contributed by atoms with E-state index < -0.39 is 0 Å². The van der Waals surface area contributed by atoms with E-state index in [9.17, 15) is 5.11 Å². The monoisotopic (exact) mass is 554 g/mol. The van der Waals surface area contributed by atoms with Gasteiger partial charge in [-0.1, -0.05) is 48.1 Å². The van der Waals surface area contributed by atoms with Crippen molar-refractivity contribution in [3.05, 3.63) is 90.0 Å². The van der Waals surface area contributed by atoms with Gasteiger partial charge < -0.3 is 11.7 Å². The fourth-order valence-corrected chi connectivity index (χ4v) is 3.06. The summed E-state index contributed by atoms with van der Waals surface area (Å²) in [4.78, 5) is 0. The van der Waals surface area contributed by atoms with Crippen LogP contribution in [0.1, 0.15) is 48.8 Å². The van der Waals surface area contributed by atoms with Gasteiger partial charge in [-0.25, -0.2) is 0 Å². The fourth-order valence-electron chi connectivity index (χ4n) is 3.06. The molecular weight excluding hydrogens is 530 g/mol. The molecule has 1 nitrogen and oxygen atoms in total. The quantitative estimate of drug-likeness (QED) is 0.273. The molecular formula is C23H24OU. The van der Waals surface area contributed by atoms with E-state index in [-0.39, 0.29) is 36.9 Å². The molecule has 0 aliphatic heterocycles. The van der Waals surface area contributed by atoms with Crippen molar-refractivity contribution < 1.29 is 36.2 Å². The molecule has 0 saturated heterocycles. The number of hydrogen-bond acceptors (Lipinski definition) is 1. The minimum absolute atomic E-state index is 0. The number of aromatic hydroxyl groups is 1. The van der Waals surface area contributed by atoms with E-state index in [0.717, 1.165) is 17.5 Å². The van der Waals surface area contributed by atoms with E-state index in [1.165, 1.54) is 24.0 Å². The Balaban J connectivity index is 0.00000101. The molecule has 0 aromatic heterocycles. The molecule has 126 valence electrons. The Labute approximate surface area is 175 Å². The predicted octanol–water partition coefficient (Wildman–Crippen LogP) is 6.18. The van der Waals surface area contributed by atoms with Gasteiger partial charge in [-0.3, -0.25) is 6.58 Å². The molecule has 0 bridgehead atoms. The summed E-state index contributed by atoms with van der Waals surface area (Å²) in [7, 11) is 0. The second-order valence-corrected chi connectivity index (χ2v) is 5.98. The van der Waals surface area contributed by atoms with Gasteiger partial charge in [0, 0.05) is 5.75 Å². The van der Waals surface area contributed by atoms with Crippen molar-refractivity contribution in [1.29, 1.82) is 0 Å². The van der Waals surface area contributed by atoms with Gasteiger partial charge in [-0.15, -0.1) is 29.3 Å². The molecule has 0 heterocycles. The number of hydrogen-bond donors (Lipinski definition) is 1. The second kappa shape index (κ2) is 11.2. The summed E-state index contributed by atoms with van der Waals surface area (Å²) in [6, 6.07) is 17.0. The smallest absolute Gasteiger partial charge is 0.566 e. The summed E-state index contributed by atoms with van der Waals surface area (Å²) >= 11 is 0. The molecule has 2 aromatic rings. The first-order valence-corrected chi connectivity index (χ1v) is 8.28. The number of allylic oxidation sites excluding steroid dienone is 2. The summed E-state index contributed by atoms with van der Waals surface area (Å²) < 4.78 is 0. The Morgan fingerprint density at radius 3 is 2.60 bits per heavy atom. The van der Waals surface area contributed by atoms with Gasteiger partial charge in [0.2, 0.25) is 0 Å². The second-order valence-electron chi connectivity index (χ2n) is 5.98. The molecule has 0 saturated carbocycles. The Bertz CT molecular complexity index is 716. The SMILES string of the molecule is CC1=CC(c2[c-]cc(O)cc2/C=C/c2ccccc2)CCC1.[CH-]=C.[U+2]. The normalized spacial score (nSPS) is 16.4. The minimum Gasteiger partial charge on any atom is -0.566 e. The summed E-state index contributed by atoms with van der Waals surface area (Å²) in [6.07, 6.45) is 10.1. The average molecular weight is 554 g/mol. The molecule has 1 unspecified atom stereocenters. The van der Waals surface area contributed by atoms with Gasteiger partial charge in [0.1, 0.15) is 0 Å². The summed E-state index contributed by atoms with van der Waals surface area (Å²) in [5, 5.41) is 9.80. The molecule has 2 aromatic carbocycles. The molecule has 1 N–H and O–H groups in total. The van der Waals surface area contributed by atoms with E-state index in [1.807, 2.05) is 24.3 Å². The van der Waals surface area contributed by atoms with Crippen LogP contribution in [0.5, 0.6) is 5.75 Å². The number of phenolic OH excluding ortho intramolecular Hbond substituents is 1. The molecule has 0 amide bonds. The first kappa shape index (κ1) is 21.6. The zero-order chi connectivity index (χ0) is 17.4. The van der Waals surface area contributed by atoms with Crippen molar-refractivity contribution in [3.63, 3.8) is 0 Å². The van der Waals surface area contributed by atoms with Crippen LogP contribution in [0, 0.1) is 43.8 Å². The maximum absolute atomic E-state index is 9.80. The van der Waals surface area contributed by atoms with Crippen molar-refractivity contribution in [2.45, 2.75) is 32.1 Å². The van der Waals surface area contributed by atoms with Crippen LogP contribution < -0.4 is 0 Å². The van der Waals surface area contributed by atoms with E-state index >= 15 is 0 Å². The van der Waals surface area contributed by atoms with E-state index in [2.05, 4.69) is 56.5 Å². The minimum atomic E-state index is 0. The largest absolute Gasteiger partial charge is 2.00 e. The molecule has 2 heteroatoms. The average Bonchev–Trinajstić information content (AvgIpc) is 2.63. The molecule has 25 heavy (non-hydrogen) atoms. The Kier molecular flexibility index (Phi) is 9.65. The fraction of sp³-hybridized carbons (Fsp3) is 0.217. The van der Waals surface area contributed by atoms with Gasteiger partial charge in [0.05, 0.1) is 0 Å². The topological polar surface area (TPSA) is 20.2 Å². The Hall–Kier alpha value is -1.49. The molecule has 1 aliphatic carbocycles. The molecule has 1 atom stereocenters. The van der Waals surface area contributed by atoms with Gasteiger partial charge >= 0.3 is 31.1 Å². The zero-order valence-electron chi connectivity index (χ0n) is 14.7. The van der Waals surface area contributed by atoms with Crippen LogP contribution in [0.2, 0.25) is 0 Å². The van der Waals surface area contributed by atoms with E-state index in [1.54, 1.807) is 6.07 Å². The van der Waals surface area contributed by atoms with Crippen molar-refractivity contribution in [2.75, 3.05) is 0 Å². The van der Waals surface area contributed by atoms with Gasteiger partial charge in [-0.05, 0) is 37.7 Å². The molecule has 0 spiro atoms. The van der Waals surface area contributed by atoms with E-state index in [4.69, 9.17) is 0 Å². The van der Waals surface area contributed by atoms with Crippen LogP contribution >= 0.6 is 0 Å².